The van der Waals surface area contributed by atoms with E-state index in [0.29, 0.717) is 16.5 Å². The molecule has 9 heteroatoms. The molecule has 0 unspecified atom stereocenters. The molecule has 1 aromatic carbocycles. The molecule has 0 fully saturated rings. The van der Waals surface area contributed by atoms with Gasteiger partial charge in [0.25, 0.3) is 10.0 Å². The Hall–Kier alpha value is -1.77. The zero-order valence-electron chi connectivity index (χ0n) is 11.2. The van der Waals surface area contributed by atoms with Crippen LogP contribution in [0.1, 0.15) is 0 Å². The maximum absolute atomic E-state index is 12.2. The number of hydrogen-bond acceptors (Lipinski definition) is 5. The van der Waals surface area contributed by atoms with Gasteiger partial charge in [-0.15, -0.1) is 0 Å². The summed E-state index contributed by atoms with van der Waals surface area (Å²) in [5.74, 6) is 0.454. The van der Waals surface area contributed by atoms with E-state index < -0.39 is 10.0 Å². The van der Waals surface area contributed by atoms with Gasteiger partial charge in [-0.25, -0.2) is 8.42 Å². The lowest BCUT2D eigenvalue weighted by Gasteiger charge is -2.08. The Kier molecular flexibility index (Phi) is 4.71. The molecule has 1 aromatic heterocycles. The second-order valence-corrected chi connectivity index (χ2v) is 6.21. The Bertz CT molecular complexity index is 730. The van der Waals surface area contributed by atoms with Crippen molar-refractivity contribution in [2.75, 3.05) is 18.4 Å². The molecule has 0 aliphatic heterocycles. The fraction of sp³-hybridized carbons (Fsp3) is 0.250. The van der Waals surface area contributed by atoms with Crippen molar-refractivity contribution >= 4 is 27.3 Å². The van der Waals surface area contributed by atoms with Crippen molar-refractivity contribution in [1.29, 1.82) is 0 Å². The first-order valence-electron chi connectivity index (χ1n) is 5.96. The zero-order chi connectivity index (χ0) is 15.5. The molecule has 0 aliphatic rings. The van der Waals surface area contributed by atoms with E-state index in [1.807, 2.05) is 0 Å². The molecular formula is C12H14ClN3O4S. The van der Waals surface area contributed by atoms with Gasteiger partial charge in [0.1, 0.15) is 10.6 Å². The van der Waals surface area contributed by atoms with Crippen molar-refractivity contribution in [3.05, 3.63) is 35.6 Å². The van der Waals surface area contributed by atoms with E-state index >= 15 is 0 Å². The van der Waals surface area contributed by atoms with Crippen LogP contribution >= 0.6 is 11.6 Å². The minimum Gasteiger partial charge on any atom is -0.495 e. The maximum Gasteiger partial charge on any atom is 0.265 e. The summed E-state index contributed by atoms with van der Waals surface area (Å²) in [5.41, 5.74) is 0.315. The molecule has 21 heavy (non-hydrogen) atoms. The van der Waals surface area contributed by atoms with Crippen LogP contribution in [0.3, 0.4) is 0 Å². The number of nitrogens with zero attached hydrogens (tertiary/aromatic N) is 2. The van der Waals surface area contributed by atoms with Crippen molar-refractivity contribution < 1.29 is 18.3 Å². The summed E-state index contributed by atoms with van der Waals surface area (Å²) < 4.78 is 33.1. The number of rotatable bonds is 6. The number of ether oxygens (including phenoxy) is 1. The van der Waals surface area contributed by atoms with Crippen LogP contribution in [0.15, 0.2) is 35.5 Å². The first-order chi connectivity index (χ1) is 9.96. The first kappa shape index (κ1) is 15.6. The third-order valence-electron chi connectivity index (χ3n) is 2.65. The lowest BCUT2D eigenvalue weighted by Crippen LogP contribution is -2.12. The molecule has 7 nitrogen and oxygen atoms in total. The number of nitrogens with one attached hydrogen (secondary N) is 1. The van der Waals surface area contributed by atoms with E-state index in [1.54, 1.807) is 12.1 Å². The van der Waals surface area contributed by atoms with Gasteiger partial charge in [0.05, 0.1) is 37.2 Å². The van der Waals surface area contributed by atoms with Crippen LogP contribution < -0.4 is 9.46 Å². The van der Waals surface area contributed by atoms with Gasteiger partial charge < -0.3 is 9.84 Å². The van der Waals surface area contributed by atoms with Crippen LogP contribution in [0.4, 0.5) is 5.69 Å². The van der Waals surface area contributed by atoms with Crippen LogP contribution in [0.25, 0.3) is 0 Å². The molecule has 0 bridgehead atoms. The minimum absolute atomic E-state index is 0.00268. The molecule has 2 aromatic rings. The van der Waals surface area contributed by atoms with Crippen molar-refractivity contribution in [1.82, 2.24) is 9.78 Å². The molecule has 0 spiro atoms. The number of halogens is 1. The molecule has 114 valence electrons. The summed E-state index contributed by atoms with van der Waals surface area (Å²) in [4.78, 5) is 0.00268. The predicted octanol–water partition coefficient (Wildman–Crippen LogP) is 1.34. The van der Waals surface area contributed by atoms with Crippen LogP contribution in [-0.2, 0) is 16.6 Å². The Morgan fingerprint density at radius 3 is 2.86 bits per heavy atom. The van der Waals surface area contributed by atoms with Gasteiger partial charge in [-0.05, 0) is 18.2 Å². The van der Waals surface area contributed by atoms with Crippen LogP contribution in [0.2, 0.25) is 5.02 Å². The van der Waals surface area contributed by atoms with Gasteiger partial charge in [-0.3, -0.25) is 9.40 Å². The fourth-order valence-corrected chi connectivity index (χ4v) is 2.91. The number of aliphatic hydroxyl groups is 1. The number of benzene rings is 1. The van der Waals surface area contributed by atoms with Crippen LogP contribution in [-0.4, -0.2) is 37.0 Å². The highest BCUT2D eigenvalue weighted by atomic mass is 35.5. The Morgan fingerprint density at radius 1 is 1.48 bits per heavy atom. The summed E-state index contributed by atoms with van der Waals surface area (Å²) >= 11 is 5.95. The summed E-state index contributed by atoms with van der Waals surface area (Å²) in [7, 11) is -2.29. The molecule has 0 aliphatic carbocycles. The summed E-state index contributed by atoms with van der Waals surface area (Å²) in [6.45, 7) is 0.104. The normalized spacial score (nSPS) is 11.4. The minimum atomic E-state index is -3.76. The molecule has 2 rings (SSSR count). The average Bonchev–Trinajstić information content (AvgIpc) is 2.88. The van der Waals surface area contributed by atoms with E-state index in [1.165, 1.54) is 30.3 Å². The van der Waals surface area contributed by atoms with E-state index in [9.17, 15) is 8.42 Å². The first-order valence-corrected chi connectivity index (χ1v) is 7.82. The molecule has 0 saturated carbocycles. The smallest absolute Gasteiger partial charge is 0.265 e. The Labute approximate surface area is 127 Å². The predicted molar refractivity (Wildman–Crippen MR) is 78.1 cm³/mol. The highest BCUT2D eigenvalue weighted by Crippen LogP contribution is 2.28. The fourth-order valence-electron chi connectivity index (χ4n) is 1.65. The second kappa shape index (κ2) is 6.33. The van der Waals surface area contributed by atoms with Gasteiger partial charge >= 0.3 is 0 Å². The van der Waals surface area contributed by atoms with Gasteiger partial charge in [-0.1, -0.05) is 11.6 Å². The Balaban J connectivity index is 2.22. The average molecular weight is 332 g/mol. The summed E-state index contributed by atoms with van der Waals surface area (Å²) in [6, 6.07) is 4.56. The number of anilines is 1. The third-order valence-corrected chi connectivity index (χ3v) is 4.28. The topological polar surface area (TPSA) is 93.5 Å². The lowest BCUT2D eigenvalue weighted by molar-refractivity contribution is 0.269. The molecule has 0 atom stereocenters. The standard InChI is InChI=1S/C12H14ClN3O4S/c1-20-12-3-2-9(6-11(12)13)15-21(18,19)10-7-14-16(8-10)4-5-17/h2-3,6-8,15,17H,4-5H2,1H3. The number of hydrogen-bond donors (Lipinski definition) is 2. The molecule has 0 saturated heterocycles. The van der Waals surface area contributed by atoms with Gasteiger partial charge in [0, 0.05) is 6.20 Å². The summed E-state index contributed by atoms with van der Waals surface area (Å²) in [5, 5.41) is 12.9. The van der Waals surface area contributed by atoms with Gasteiger partial charge in [-0.2, -0.15) is 5.10 Å². The lowest BCUT2D eigenvalue weighted by atomic mass is 10.3. The van der Waals surface area contributed by atoms with E-state index in [-0.39, 0.29) is 18.0 Å². The van der Waals surface area contributed by atoms with E-state index in [0.717, 1.165) is 0 Å². The highest BCUT2D eigenvalue weighted by molar-refractivity contribution is 7.92. The second-order valence-electron chi connectivity index (χ2n) is 4.12. The molecule has 1 heterocycles. The SMILES string of the molecule is COc1ccc(NS(=O)(=O)c2cnn(CCO)c2)cc1Cl. The number of aromatic nitrogens is 2. The Morgan fingerprint density at radius 2 is 2.24 bits per heavy atom. The molecular weight excluding hydrogens is 318 g/mol. The van der Waals surface area contributed by atoms with Crippen molar-refractivity contribution in [3.8, 4) is 5.75 Å². The van der Waals surface area contributed by atoms with Gasteiger partial charge in [0.15, 0.2) is 0 Å². The number of sulfonamides is 1. The van der Waals surface area contributed by atoms with Crippen molar-refractivity contribution in [2.45, 2.75) is 11.4 Å². The van der Waals surface area contributed by atoms with E-state index in [4.69, 9.17) is 21.4 Å². The van der Waals surface area contributed by atoms with Crippen LogP contribution in [0, 0.1) is 0 Å². The zero-order valence-corrected chi connectivity index (χ0v) is 12.7. The largest absolute Gasteiger partial charge is 0.495 e. The van der Waals surface area contributed by atoms with E-state index in [2.05, 4.69) is 9.82 Å². The number of methoxy groups -OCH3 is 1. The van der Waals surface area contributed by atoms with Crippen molar-refractivity contribution in [3.63, 3.8) is 0 Å². The van der Waals surface area contributed by atoms with Crippen LogP contribution in [0.5, 0.6) is 5.75 Å². The summed E-state index contributed by atoms with van der Waals surface area (Å²) in [6.07, 6.45) is 2.55. The third kappa shape index (κ3) is 3.66. The highest BCUT2D eigenvalue weighted by Gasteiger charge is 2.17. The maximum atomic E-state index is 12.2. The monoisotopic (exact) mass is 331 g/mol. The molecule has 2 N–H and O–H groups in total. The molecule has 0 amide bonds. The quantitative estimate of drug-likeness (QED) is 0.833. The van der Waals surface area contributed by atoms with Crippen molar-refractivity contribution in [2.24, 2.45) is 0 Å². The number of aliphatic hydroxyl groups excluding tert-OH is 1. The van der Waals surface area contributed by atoms with Gasteiger partial charge in [0.2, 0.25) is 0 Å². The molecule has 0 radical (unpaired) electrons.